The van der Waals surface area contributed by atoms with Crippen molar-refractivity contribution < 1.29 is 13.6 Å². The van der Waals surface area contributed by atoms with E-state index in [1.54, 1.807) is 12.1 Å². The largest absolute Gasteiger partial charge is 0.347 e. The number of carbonyl (C=O) groups is 1. The van der Waals surface area contributed by atoms with Crippen LogP contribution in [0, 0.1) is 17.2 Å². The molecule has 0 radical (unpaired) electrons. The predicted octanol–water partition coefficient (Wildman–Crippen LogP) is 4.37. The topological polar surface area (TPSA) is 80.1 Å². The van der Waals surface area contributed by atoms with Crippen LogP contribution in [-0.2, 0) is 13.1 Å². The molecule has 0 atom stereocenters. The van der Waals surface area contributed by atoms with E-state index < -0.39 is 23.2 Å². The first-order chi connectivity index (χ1) is 17.1. The Kier molecular flexibility index (Phi) is 7.12. The van der Waals surface area contributed by atoms with Gasteiger partial charge in [0.05, 0.1) is 5.52 Å². The zero-order chi connectivity index (χ0) is 26.0. The van der Waals surface area contributed by atoms with E-state index in [4.69, 9.17) is 0 Å². The Hall–Kier alpha value is -3.72. The summed E-state index contributed by atoms with van der Waals surface area (Å²) >= 11 is 0. The molecular weight excluding hydrogens is 464 g/mol. The highest BCUT2D eigenvalue weighted by molar-refractivity contribution is 5.92. The zero-order valence-electron chi connectivity index (χ0n) is 20.5. The summed E-state index contributed by atoms with van der Waals surface area (Å²) in [6.07, 6.45) is 4.68. The molecule has 1 aromatic carbocycles. The van der Waals surface area contributed by atoms with E-state index in [1.807, 2.05) is 0 Å². The van der Waals surface area contributed by atoms with Crippen LogP contribution in [-0.4, -0.2) is 38.4 Å². The number of likely N-dealkylation sites (tertiary alicyclic amines) is 1. The first-order valence-corrected chi connectivity index (χ1v) is 11.8. The summed E-state index contributed by atoms with van der Waals surface area (Å²) in [7, 11) is 0. The van der Waals surface area contributed by atoms with E-state index in [0.717, 1.165) is 42.6 Å². The first-order valence-electron chi connectivity index (χ1n) is 11.8. The van der Waals surface area contributed by atoms with Crippen molar-refractivity contribution in [1.29, 1.82) is 0 Å². The highest BCUT2D eigenvalue weighted by Crippen LogP contribution is 2.31. The molecule has 7 nitrogen and oxygen atoms in total. The van der Waals surface area contributed by atoms with Crippen LogP contribution in [0.4, 0.5) is 8.78 Å². The van der Waals surface area contributed by atoms with Crippen LogP contribution in [0.1, 0.15) is 54.1 Å². The molecular formula is C27H29F2N5O2. The molecule has 2 aromatic heterocycles. The molecule has 1 saturated heterocycles. The SMILES string of the molecule is C=Cc1nc(C(=O)NCc2cc3cc(CN4CCC(C)(C)CC4)c(F)nc3cc2F)cc(=O)n1C=C. The van der Waals surface area contributed by atoms with Gasteiger partial charge in [-0.3, -0.25) is 19.1 Å². The van der Waals surface area contributed by atoms with Gasteiger partial charge in [-0.25, -0.2) is 14.4 Å². The highest BCUT2D eigenvalue weighted by Gasteiger charge is 2.26. The number of aromatic nitrogens is 3. The fraction of sp³-hybridized carbons (Fsp3) is 0.333. The van der Waals surface area contributed by atoms with Crippen LogP contribution in [0.2, 0.25) is 0 Å². The normalized spacial score (nSPS) is 15.6. The summed E-state index contributed by atoms with van der Waals surface area (Å²) in [4.78, 5) is 35.1. The van der Waals surface area contributed by atoms with E-state index in [2.05, 4.69) is 47.2 Å². The molecule has 0 unspecified atom stereocenters. The minimum atomic E-state index is -0.642. The molecule has 4 rings (SSSR count). The van der Waals surface area contributed by atoms with Crippen molar-refractivity contribution in [2.75, 3.05) is 13.1 Å². The third-order valence-electron chi connectivity index (χ3n) is 6.63. The van der Waals surface area contributed by atoms with Crippen LogP contribution in [0.25, 0.3) is 23.2 Å². The van der Waals surface area contributed by atoms with Crippen molar-refractivity contribution in [3.05, 3.63) is 82.2 Å². The maximum absolute atomic E-state index is 14.7. The molecule has 0 aliphatic carbocycles. The standard InChI is InChI=1S/C27H29F2N5O2/c1-5-23-31-22(14-24(35)34(23)6-2)26(36)30-15-18-11-17-12-19(25(29)32-21(17)13-20(18)28)16-33-9-7-27(3,4)8-10-33/h5-6,11-14H,1-2,7-10,15-16H2,3-4H3,(H,30,36). The van der Waals surface area contributed by atoms with Gasteiger partial charge in [0.1, 0.15) is 17.3 Å². The van der Waals surface area contributed by atoms with E-state index in [0.29, 0.717) is 17.5 Å². The van der Waals surface area contributed by atoms with Gasteiger partial charge in [0.25, 0.3) is 11.5 Å². The van der Waals surface area contributed by atoms with Crippen molar-refractivity contribution in [2.45, 2.75) is 39.8 Å². The van der Waals surface area contributed by atoms with Gasteiger partial charge >= 0.3 is 0 Å². The molecule has 188 valence electrons. The second-order valence-electron chi connectivity index (χ2n) is 9.79. The lowest BCUT2D eigenvalue weighted by atomic mass is 9.82. The number of hydrogen-bond donors (Lipinski definition) is 1. The average Bonchev–Trinajstić information content (AvgIpc) is 2.84. The monoisotopic (exact) mass is 493 g/mol. The van der Waals surface area contributed by atoms with Crippen LogP contribution in [0.15, 0.2) is 42.2 Å². The van der Waals surface area contributed by atoms with E-state index in [1.165, 1.54) is 12.3 Å². The van der Waals surface area contributed by atoms with Crippen molar-refractivity contribution in [3.8, 4) is 0 Å². The van der Waals surface area contributed by atoms with Crippen LogP contribution >= 0.6 is 0 Å². The van der Waals surface area contributed by atoms with Gasteiger partial charge in [0, 0.05) is 47.9 Å². The second kappa shape index (κ2) is 10.1. The van der Waals surface area contributed by atoms with Crippen molar-refractivity contribution in [3.63, 3.8) is 0 Å². The van der Waals surface area contributed by atoms with Gasteiger partial charge in [-0.2, -0.15) is 4.39 Å². The van der Waals surface area contributed by atoms with Gasteiger partial charge in [0.15, 0.2) is 0 Å². The fourth-order valence-electron chi connectivity index (χ4n) is 4.29. The third kappa shape index (κ3) is 5.41. The lowest BCUT2D eigenvalue weighted by Crippen LogP contribution is -2.37. The molecule has 1 aliphatic rings. The van der Waals surface area contributed by atoms with Crippen LogP contribution in [0.5, 0.6) is 0 Å². The number of piperidine rings is 1. The lowest BCUT2D eigenvalue weighted by molar-refractivity contribution is 0.0945. The quantitative estimate of drug-likeness (QED) is 0.495. The number of pyridine rings is 1. The lowest BCUT2D eigenvalue weighted by Gasteiger charge is -2.36. The summed E-state index contributed by atoms with van der Waals surface area (Å²) in [5.74, 6) is -1.71. The Balaban J connectivity index is 1.53. The average molecular weight is 494 g/mol. The van der Waals surface area contributed by atoms with Gasteiger partial charge in [-0.1, -0.05) is 27.0 Å². The van der Waals surface area contributed by atoms with Crippen LogP contribution < -0.4 is 10.9 Å². The summed E-state index contributed by atoms with van der Waals surface area (Å²) in [5, 5.41) is 3.16. The Morgan fingerprint density at radius 3 is 2.47 bits per heavy atom. The molecule has 1 amide bonds. The van der Waals surface area contributed by atoms with Crippen molar-refractivity contribution in [1.82, 2.24) is 24.8 Å². The third-order valence-corrected chi connectivity index (χ3v) is 6.63. The summed E-state index contributed by atoms with van der Waals surface area (Å²) in [6.45, 7) is 13.6. The maximum Gasteiger partial charge on any atom is 0.270 e. The minimum absolute atomic E-state index is 0.120. The van der Waals surface area contributed by atoms with Crippen LogP contribution in [0.3, 0.4) is 0 Å². The van der Waals surface area contributed by atoms with E-state index in [-0.39, 0.29) is 34.6 Å². The second-order valence-corrected chi connectivity index (χ2v) is 9.79. The smallest absolute Gasteiger partial charge is 0.270 e. The summed E-state index contributed by atoms with van der Waals surface area (Å²) < 4.78 is 30.6. The molecule has 1 N–H and O–H groups in total. The number of halogens is 2. The zero-order valence-corrected chi connectivity index (χ0v) is 20.5. The Bertz CT molecular complexity index is 1400. The van der Waals surface area contributed by atoms with E-state index in [9.17, 15) is 18.4 Å². The molecule has 1 fully saturated rings. The number of fused-ring (bicyclic) bond motifs is 1. The Morgan fingerprint density at radius 1 is 1.11 bits per heavy atom. The number of amides is 1. The molecule has 9 heteroatoms. The summed E-state index contributed by atoms with van der Waals surface area (Å²) in [5.41, 5.74) is 0.540. The number of hydrogen-bond acceptors (Lipinski definition) is 5. The molecule has 3 aromatic rings. The molecule has 3 heterocycles. The number of benzene rings is 1. The maximum atomic E-state index is 14.7. The number of nitrogens with zero attached hydrogens (tertiary/aromatic N) is 4. The minimum Gasteiger partial charge on any atom is -0.347 e. The highest BCUT2D eigenvalue weighted by atomic mass is 19.1. The number of carbonyl (C=O) groups excluding carboxylic acids is 1. The Morgan fingerprint density at radius 2 is 1.81 bits per heavy atom. The van der Waals surface area contributed by atoms with E-state index >= 15 is 0 Å². The number of rotatable bonds is 7. The predicted molar refractivity (Wildman–Crippen MR) is 136 cm³/mol. The molecule has 1 aliphatic heterocycles. The molecule has 36 heavy (non-hydrogen) atoms. The van der Waals surface area contributed by atoms with Crippen molar-refractivity contribution >= 4 is 29.1 Å². The van der Waals surface area contributed by atoms with Gasteiger partial charge < -0.3 is 5.32 Å². The molecule has 0 saturated carbocycles. The molecule has 0 bridgehead atoms. The molecule has 0 spiro atoms. The number of nitrogens with one attached hydrogen (secondary N) is 1. The van der Waals surface area contributed by atoms with Gasteiger partial charge in [-0.05, 0) is 49.6 Å². The van der Waals surface area contributed by atoms with Gasteiger partial charge in [-0.15, -0.1) is 0 Å². The first kappa shape index (κ1) is 25.4. The van der Waals surface area contributed by atoms with Crippen molar-refractivity contribution in [2.24, 2.45) is 5.41 Å². The summed E-state index contributed by atoms with van der Waals surface area (Å²) in [6, 6.07) is 5.47. The van der Waals surface area contributed by atoms with Gasteiger partial charge in [0.2, 0.25) is 5.95 Å². The fourth-order valence-corrected chi connectivity index (χ4v) is 4.29. The Labute approximate surface area is 208 Å².